The first-order valence-corrected chi connectivity index (χ1v) is 6.82. The number of urea groups is 1. The molecule has 2 aromatic rings. The molecule has 1 N–H and O–H groups in total. The summed E-state index contributed by atoms with van der Waals surface area (Å²) in [5, 5.41) is 4.72. The van der Waals surface area contributed by atoms with E-state index >= 15 is 0 Å². The molecule has 3 rings (SSSR count). The van der Waals surface area contributed by atoms with E-state index in [-0.39, 0.29) is 17.9 Å². The van der Waals surface area contributed by atoms with Gasteiger partial charge in [0.1, 0.15) is 0 Å². The molecule has 1 atom stereocenters. The number of benzene rings is 2. The van der Waals surface area contributed by atoms with Crippen LogP contribution in [0.25, 0.3) is 10.8 Å². The van der Waals surface area contributed by atoms with Crippen molar-refractivity contribution in [1.29, 1.82) is 0 Å². The number of nitrogens with one attached hydrogen (secondary N) is 1. The molecule has 4 nitrogen and oxygen atoms in total. The van der Waals surface area contributed by atoms with Crippen molar-refractivity contribution in [3.8, 4) is 0 Å². The van der Waals surface area contributed by atoms with Crippen LogP contribution in [0.1, 0.15) is 13.3 Å². The summed E-state index contributed by atoms with van der Waals surface area (Å²) in [5.74, 6) is -0.265. The number of hydrogen-bond donors (Lipinski definition) is 1. The number of imide groups is 1. The van der Waals surface area contributed by atoms with E-state index in [9.17, 15) is 9.59 Å². The highest BCUT2D eigenvalue weighted by atomic mass is 16.2. The Morgan fingerprint density at radius 3 is 2.70 bits per heavy atom. The van der Waals surface area contributed by atoms with Gasteiger partial charge in [0.05, 0.1) is 11.6 Å². The fourth-order valence-corrected chi connectivity index (χ4v) is 2.61. The van der Waals surface area contributed by atoms with Gasteiger partial charge in [-0.3, -0.25) is 4.79 Å². The van der Waals surface area contributed by atoms with Gasteiger partial charge < -0.3 is 5.32 Å². The summed E-state index contributed by atoms with van der Waals surface area (Å²) in [4.78, 5) is 25.9. The molecular weight excluding hydrogens is 252 g/mol. The second kappa shape index (κ2) is 4.96. The molecule has 1 fully saturated rings. The molecule has 0 aromatic heterocycles. The van der Waals surface area contributed by atoms with Gasteiger partial charge >= 0.3 is 6.03 Å². The molecule has 3 amide bonds. The molecule has 1 heterocycles. The van der Waals surface area contributed by atoms with Crippen molar-refractivity contribution in [2.75, 3.05) is 11.4 Å². The van der Waals surface area contributed by atoms with Gasteiger partial charge in [0.2, 0.25) is 5.91 Å². The van der Waals surface area contributed by atoms with E-state index in [1.54, 1.807) is 0 Å². The zero-order valence-corrected chi connectivity index (χ0v) is 11.3. The summed E-state index contributed by atoms with van der Waals surface area (Å²) in [6.07, 6.45) is 0.723. The van der Waals surface area contributed by atoms with Crippen LogP contribution in [0.2, 0.25) is 0 Å². The number of fused-ring (bicyclic) bond motifs is 1. The van der Waals surface area contributed by atoms with Gasteiger partial charge in [0.15, 0.2) is 0 Å². The largest absolute Gasteiger partial charge is 0.337 e. The van der Waals surface area contributed by atoms with E-state index in [1.807, 2.05) is 49.4 Å². The quantitative estimate of drug-likeness (QED) is 0.910. The molecule has 0 bridgehead atoms. The molecule has 1 saturated heterocycles. The predicted octanol–water partition coefficient (Wildman–Crippen LogP) is 2.92. The first-order valence-electron chi connectivity index (χ1n) is 6.82. The highest BCUT2D eigenvalue weighted by Gasteiger charge is 2.34. The average Bonchev–Trinajstić information content (AvgIpc) is 2.48. The molecule has 1 aliphatic rings. The first-order chi connectivity index (χ1) is 9.72. The van der Waals surface area contributed by atoms with Crippen molar-refractivity contribution in [1.82, 2.24) is 5.32 Å². The lowest BCUT2D eigenvalue weighted by atomic mass is 10.0. The zero-order valence-electron chi connectivity index (χ0n) is 11.3. The summed E-state index contributed by atoms with van der Waals surface area (Å²) in [6.45, 7) is 2.39. The van der Waals surface area contributed by atoms with Crippen molar-refractivity contribution in [2.24, 2.45) is 5.92 Å². The molecule has 0 aliphatic carbocycles. The van der Waals surface area contributed by atoms with Crippen LogP contribution >= 0.6 is 0 Å². The zero-order chi connectivity index (χ0) is 14.1. The average molecular weight is 268 g/mol. The van der Waals surface area contributed by atoms with Gasteiger partial charge in [-0.2, -0.15) is 0 Å². The van der Waals surface area contributed by atoms with Crippen LogP contribution < -0.4 is 10.2 Å². The molecule has 0 saturated carbocycles. The molecule has 1 unspecified atom stereocenters. The standard InChI is InChI=1S/C16H16N2O2/c1-2-11-10-17-16(20)18(15(11)19)14-9-5-7-12-6-3-4-8-13(12)14/h3-9,11H,2,10H2,1H3,(H,17,20). The molecule has 1 aliphatic heterocycles. The molecule has 102 valence electrons. The highest BCUT2D eigenvalue weighted by molar-refractivity contribution is 6.20. The minimum absolute atomic E-state index is 0.118. The normalized spacial score (nSPS) is 19.2. The van der Waals surface area contributed by atoms with Gasteiger partial charge in [-0.15, -0.1) is 0 Å². The van der Waals surface area contributed by atoms with Crippen LogP contribution in [0.15, 0.2) is 42.5 Å². The fourth-order valence-electron chi connectivity index (χ4n) is 2.61. The summed E-state index contributed by atoms with van der Waals surface area (Å²) in [7, 11) is 0. The predicted molar refractivity (Wildman–Crippen MR) is 78.6 cm³/mol. The van der Waals surface area contributed by atoms with Gasteiger partial charge in [0.25, 0.3) is 0 Å². The Morgan fingerprint density at radius 2 is 1.90 bits per heavy atom. The Hall–Kier alpha value is -2.36. The van der Waals surface area contributed by atoms with Crippen LogP contribution in [0, 0.1) is 5.92 Å². The van der Waals surface area contributed by atoms with Crippen molar-refractivity contribution in [3.05, 3.63) is 42.5 Å². The minimum Gasteiger partial charge on any atom is -0.337 e. The van der Waals surface area contributed by atoms with Gasteiger partial charge in [-0.25, -0.2) is 9.69 Å². The smallest absolute Gasteiger partial charge is 0.328 e. The van der Waals surface area contributed by atoms with Crippen molar-refractivity contribution in [3.63, 3.8) is 0 Å². The Morgan fingerprint density at radius 1 is 1.15 bits per heavy atom. The number of anilines is 1. The summed E-state index contributed by atoms with van der Waals surface area (Å²) in [5.41, 5.74) is 0.656. The summed E-state index contributed by atoms with van der Waals surface area (Å²) < 4.78 is 0. The number of nitrogens with zero attached hydrogens (tertiary/aromatic N) is 1. The number of rotatable bonds is 2. The second-order valence-corrected chi connectivity index (χ2v) is 4.96. The van der Waals surface area contributed by atoms with Crippen LogP contribution in [-0.4, -0.2) is 18.5 Å². The Kier molecular flexibility index (Phi) is 3.14. The van der Waals surface area contributed by atoms with E-state index < -0.39 is 0 Å². The Labute approximate surface area is 117 Å². The van der Waals surface area contributed by atoms with Crippen LogP contribution in [-0.2, 0) is 4.79 Å². The first kappa shape index (κ1) is 12.7. The maximum atomic E-state index is 12.5. The molecule has 20 heavy (non-hydrogen) atoms. The van der Waals surface area contributed by atoms with Gasteiger partial charge in [-0.1, -0.05) is 43.3 Å². The fraction of sp³-hybridized carbons (Fsp3) is 0.250. The molecule has 0 spiro atoms. The summed E-state index contributed by atoms with van der Waals surface area (Å²) >= 11 is 0. The second-order valence-electron chi connectivity index (χ2n) is 4.96. The number of carbonyl (C=O) groups is 2. The van der Waals surface area contributed by atoms with E-state index in [0.717, 1.165) is 17.2 Å². The third-order valence-electron chi connectivity index (χ3n) is 3.77. The van der Waals surface area contributed by atoms with Crippen molar-refractivity contribution < 1.29 is 9.59 Å². The molecule has 4 heteroatoms. The third-order valence-corrected chi connectivity index (χ3v) is 3.77. The van der Waals surface area contributed by atoms with Gasteiger partial charge in [0, 0.05) is 11.9 Å². The van der Waals surface area contributed by atoms with E-state index in [4.69, 9.17) is 0 Å². The van der Waals surface area contributed by atoms with Crippen LogP contribution in [0.5, 0.6) is 0 Å². The molecular formula is C16H16N2O2. The van der Waals surface area contributed by atoms with Crippen LogP contribution in [0.4, 0.5) is 10.5 Å². The lowest BCUT2D eigenvalue weighted by Crippen LogP contribution is -2.55. The maximum Gasteiger partial charge on any atom is 0.328 e. The number of amides is 3. The maximum absolute atomic E-state index is 12.5. The number of carbonyl (C=O) groups excluding carboxylic acids is 2. The monoisotopic (exact) mass is 268 g/mol. The minimum atomic E-state index is -0.337. The SMILES string of the molecule is CCC1CNC(=O)N(c2cccc3ccccc23)C1=O. The van der Waals surface area contributed by atoms with Crippen molar-refractivity contribution >= 4 is 28.4 Å². The summed E-state index contributed by atoms with van der Waals surface area (Å²) in [6, 6.07) is 13.1. The van der Waals surface area contributed by atoms with Crippen molar-refractivity contribution in [2.45, 2.75) is 13.3 Å². The van der Waals surface area contributed by atoms with E-state index in [1.165, 1.54) is 4.90 Å². The lowest BCUT2D eigenvalue weighted by molar-refractivity contribution is -0.122. The molecule has 0 radical (unpaired) electrons. The lowest BCUT2D eigenvalue weighted by Gasteiger charge is -2.31. The van der Waals surface area contributed by atoms with Crippen LogP contribution in [0.3, 0.4) is 0 Å². The van der Waals surface area contributed by atoms with Gasteiger partial charge in [-0.05, 0) is 17.9 Å². The molecule has 2 aromatic carbocycles. The highest BCUT2D eigenvalue weighted by Crippen LogP contribution is 2.29. The Bertz CT molecular complexity index is 676. The third kappa shape index (κ3) is 1.93. The van der Waals surface area contributed by atoms with E-state index in [2.05, 4.69) is 5.32 Å². The topological polar surface area (TPSA) is 49.4 Å². The van der Waals surface area contributed by atoms with E-state index in [0.29, 0.717) is 12.2 Å². The number of hydrogen-bond acceptors (Lipinski definition) is 2. The Balaban J connectivity index is 2.13.